The van der Waals surface area contributed by atoms with Crippen LogP contribution in [0.25, 0.3) is 11.3 Å². The lowest BCUT2D eigenvalue weighted by Crippen LogP contribution is -2.10. The Hall–Kier alpha value is -2.95. The van der Waals surface area contributed by atoms with E-state index in [-0.39, 0.29) is 16.5 Å². The van der Waals surface area contributed by atoms with Crippen LogP contribution in [0.1, 0.15) is 12.6 Å². The van der Waals surface area contributed by atoms with Crippen molar-refractivity contribution < 1.29 is 21.6 Å². The van der Waals surface area contributed by atoms with Crippen LogP contribution >= 0.6 is 0 Å². The van der Waals surface area contributed by atoms with Crippen molar-refractivity contribution in [2.45, 2.75) is 18.0 Å². The molecule has 3 rings (SSSR count). The Labute approximate surface area is 159 Å². The van der Waals surface area contributed by atoms with E-state index < -0.39 is 21.7 Å². The molecule has 2 heterocycles. The number of aromatic nitrogens is 4. The summed E-state index contributed by atoms with van der Waals surface area (Å²) in [4.78, 5) is 4.35. The summed E-state index contributed by atoms with van der Waals surface area (Å²) in [5.41, 5.74) is 0.296. The molecule has 0 saturated heterocycles. The van der Waals surface area contributed by atoms with Crippen LogP contribution in [0.15, 0.2) is 47.8 Å². The van der Waals surface area contributed by atoms with Gasteiger partial charge in [0.25, 0.3) is 0 Å². The lowest BCUT2D eigenvalue weighted by Gasteiger charge is -2.12. The molecule has 0 aliphatic rings. The number of nitrogens with zero attached hydrogens (tertiary/aromatic N) is 4. The molecule has 1 N–H and O–H groups in total. The van der Waals surface area contributed by atoms with Crippen LogP contribution in [-0.2, 0) is 23.1 Å². The van der Waals surface area contributed by atoms with Crippen molar-refractivity contribution in [3.63, 3.8) is 0 Å². The zero-order valence-electron chi connectivity index (χ0n) is 14.9. The summed E-state index contributed by atoms with van der Waals surface area (Å²) in [5.74, 6) is 0.0162. The topological polar surface area (TPSA) is 89.8 Å². The Balaban J connectivity index is 2.03. The minimum Gasteiger partial charge on any atom is -0.340 e. The van der Waals surface area contributed by atoms with Crippen molar-refractivity contribution in [2.24, 2.45) is 7.05 Å². The summed E-state index contributed by atoms with van der Waals surface area (Å²) in [5, 5.41) is 9.58. The van der Waals surface area contributed by atoms with Gasteiger partial charge in [-0.15, -0.1) is 10.2 Å². The Bertz CT molecular complexity index is 1090. The van der Waals surface area contributed by atoms with E-state index in [4.69, 9.17) is 0 Å². The molecular weight excluding hydrogens is 395 g/mol. The van der Waals surface area contributed by atoms with Gasteiger partial charge in [0.2, 0.25) is 0 Å². The molecule has 0 spiro atoms. The van der Waals surface area contributed by atoms with E-state index in [1.165, 1.54) is 18.2 Å². The maximum atomic E-state index is 12.6. The lowest BCUT2D eigenvalue weighted by atomic mass is 10.1. The highest BCUT2D eigenvalue weighted by atomic mass is 32.2. The number of halogens is 3. The molecule has 0 amide bonds. The number of sulfone groups is 1. The zero-order valence-corrected chi connectivity index (χ0v) is 15.7. The highest BCUT2D eigenvalue weighted by Crippen LogP contribution is 2.32. The van der Waals surface area contributed by atoms with Gasteiger partial charge in [-0.3, -0.25) is 0 Å². The second-order valence-corrected chi connectivity index (χ2v) is 8.24. The number of hydrogen-bond acceptors (Lipinski definition) is 6. The Morgan fingerprint density at radius 1 is 1.14 bits per heavy atom. The number of alkyl halides is 3. The number of benzene rings is 1. The summed E-state index contributed by atoms with van der Waals surface area (Å²) >= 11 is 0. The lowest BCUT2D eigenvalue weighted by molar-refractivity contribution is -0.141. The van der Waals surface area contributed by atoms with Crippen LogP contribution < -0.4 is 5.32 Å². The van der Waals surface area contributed by atoms with E-state index in [1.54, 1.807) is 31.1 Å². The third-order valence-corrected chi connectivity index (χ3v) is 5.66. The van der Waals surface area contributed by atoms with Crippen LogP contribution in [0.3, 0.4) is 0 Å². The zero-order chi connectivity index (χ0) is 20.5. The largest absolute Gasteiger partial charge is 0.435 e. The molecule has 28 heavy (non-hydrogen) atoms. The number of aryl methyl sites for hydroxylation is 1. The molecule has 0 aliphatic carbocycles. The molecule has 3 aromatic rings. The SMILES string of the molecule is CCS(=O)(=O)c1ccc(Nc2ccc(C(F)(F)F)nn2)c(-c2cn(C)cn2)c1. The van der Waals surface area contributed by atoms with Gasteiger partial charge in [-0.05, 0) is 30.3 Å². The predicted octanol–water partition coefficient (Wildman–Crippen LogP) is 3.43. The molecule has 0 aliphatic heterocycles. The van der Waals surface area contributed by atoms with Gasteiger partial charge in [-0.2, -0.15) is 13.2 Å². The van der Waals surface area contributed by atoms with Crippen molar-refractivity contribution >= 4 is 21.3 Å². The number of imidazole rings is 1. The third kappa shape index (κ3) is 4.14. The first-order valence-corrected chi connectivity index (χ1v) is 9.78. The van der Waals surface area contributed by atoms with Gasteiger partial charge in [0.15, 0.2) is 21.3 Å². The minimum absolute atomic E-state index is 0.0637. The molecule has 148 valence electrons. The summed E-state index contributed by atoms with van der Waals surface area (Å²) in [6.07, 6.45) is -1.33. The molecule has 0 fully saturated rings. The first-order valence-electron chi connectivity index (χ1n) is 8.13. The molecule has 0 unspecified atom stereocenters. The van der Waals surface area contributed by atoms with E-state index >= 15 is 0 Å². The second kappa shape index (κ2) is 7.23. The second-order valence-electron chi connectivity index (χ2n) is 5.96. The first-order chi connectivity index (χ1) is 13.1. The monoisotopic (exact) mass is 411 g/mol. The van der Waals surface area contributed by atoms with Crippen LogP contribution in [0.5, 0.6) is 0 Å². The molecule has 11 heteroatoms. The van der Waals surface area contributed by atoms with Gasteiger partial charge in [0.05, 0.1) is 22.7 Å². The molecule has 2 aromatic heterocycles. The first kappa shape index (κ1) is 19.8. The van der Waals surface area contributed by atoms with Gasteiger partial charge >= 0.3 is 6.18 Å². The fraction of sp³-hybridized carbons (Fsp3) is 0.235. The van der Waals surface area contributed by atoms with E-state index in [1.807, 2.05) is 0 Å². The minimum atomic E-state index is -4.58. The molecule has 0 radical (unpaired) electrons. The van der Waals surface area contributed by atoms with Crippen LogP contribution in [0.2, 0.25) is 0 Å². The molecule has 0 bridgehead atoms. The average molecular weight is 411 g/mol. The summed E-state index contributed by atoms with van der Waals surface area (Å²) in [6.45, 7) is 1.54. The fourth-order valence-electron chi connectivity index (χ4n) is 2.44. The number of nitrogens with one attached hydrogen (secondary N) is 1. The maximum Gasteiger partial charge on any atom is 0.435 e. The van der Waals surface area contributed by atoms with Crippen molar-refractivity contribution in [1.29, 1.82) is 0 Å². The van der Waals surface area contributed by atoms with Crippen molar-refractivity contribution in [3.8, 4) is 11.3 Å². The maximum absolute atomic E-state index is 12.6. The molecule has 7 nitrogen and oxygen atoms in total. The highest BCUT2D eigenvalue weighted by molar-refractivity contribution is 7.91. The quantitative estimate of drug-likeness (QED) is 0.692. The number of anilines is 2. The number of hydrogen-bond donors (Lipinski definition) is 1. The Morgan fingerprint density at radius 2 is 1.89 bits per heavy atom. The fourth-order valence-corrected chi connectivity index (χ4v) is 3.35. The Kier molecular flexibility index (Phi) is 5.11. The Morgan fingerprint density at radius 3 is 2.43 bits per heavy atom. The third-order valence-electron chi connectivity index (χ3n) is 3.93. The van der Waals surface area contributed by atoms with E-state index in [0.29, 0.717) is 16.9 Å². The number of rotatable bonds is 5. The van der Waals surface area contributed by atoms with Gasteiger partial charge in [-0.25, -0.2) is 13.4 Å². The summed E-state index contributed by atoms with van der Waals surface area (Å²) in [7, 11) is -1.69. The molecular formula is C17H16F3N5O2S. The molecule has 1 aromatic carbocycles. The summed E-state index contributed by atoms with van der Waals surface area (Å²) in [6, 6.07) is 6.37. The van der Waals surface area contributed by atoms with Gasteiger partial charge < -0.3 is 9.88 Å². The molecule has 0 atom stereocenters. The standard InChI is InChI=1S/C17H16F3N5O2S/c1-3-28(26,27)11-4-5-13(12(8-11)14-9-25(2)10-21-14)22-16-7-6-15(23-24-16)17(18,19)20/h4-10H,3H2,1-2H3,(H,22,24). The predicted molar refractivity (Wildman–Crippen MR) is 96.7 cm³/mol. The smallest absolute Gasteiger partial charge is 0.340 e. The van der Waals surface area contributed by atoms with Gasteiger partial charge in [-0.1, -0.05) is 6.92 Å². The van der Waals surface area contributed by atoms with Gasteiger partial charge in [0.1, 0.15) is 0 Å². The highest BCUT2D eigenvalue weighted by Gasteiger charge is 2.32. The van der Waals surface area contributed by atoms with Crippen LogP contribution in [0, 0.1) is 0 Å². The van der Waals surface area contributed by atoms with Gasteiger partial charge in [0, 0.05) is 24.5 Å². The van der Waals surface area contributed by atoms with E-state index in [0.717, 1.165) is 12.1 Å². The average Bonchev–Trinajstić information content (AvgIpc) is 3.08. The summed E-state index contributed by atoms with van der Waals surface area (Å²) < 4.78 is 64.0. The normalized spacial score (nSPS) is 12.2. The van der Waals surface area contributed by atoms with Crippen LogP contribution in [-0.4, -0.2) is 33.9 Å². The molecule has 0 saturated carbocycles. The van der Waals surface area contributed by atoms with E-state index in [9.17, 15) is 21.6 Å². The van der Waals surface area contributed by atoms with Crippen molar-refractivity contribution in [1.82, 2.24) is 19.7 Å². The van der Waals surface area contributed by atoms with Crippen LogP contribution in [0.4, 0.5) is 24.7 Å². The van der Waals surface area contributed by atoms with Crippen molar-refractivity contribution in [2.75, 3.05) is 11.1 Å². The van der Waals surface area contributed by atoms with Crippen molar-refractivity contribution in [3.05, 3.63) is 48.5 Å². The van der Waals surface area contributed by atoms with E-state index in [2.05, 4.69) is 20.5 Å².